The van der Waals surface area contributed by atoms with Crippen LogP contribution >= 0.6 is 0 Å². The number of ether oxygens (including phenoxy) is 1. The molecule has 0 saturated carbocycles. The number of anilines is 1. The van der Waals surface area contributed by atoms with Gasteiger partial charge in [0.2, 0.25) is 0 Å². The number of nitrogens with one attached hydrogen (secondary N) is 1. The van der Waals surface area contributed by atoms with E-state index in [4.69, 9.17) is 4.74 Å². The van der Waals surface area contributed by atoms with E-state index < -0.39 is 0 Å². The highest BCUT2D eigenvalue weighted by Gasteiger charge is 2.39. The lowest BCUT2D eigenvalue weighted by molar-refractivity contribution is -0.137. The third-order valence-electron chi connectivity index (χ3n) is 5.37. The topological polar surface area (TPSA) is 58.6 Å². The number of rotatable bonds is 8. The molecule has 0 aliphatic carbocycles. The molecule has 0 atom stereocenters. The maximum Gasteiger partial charge on any atom is 0.278 e. The Morgan fingerprint density at radius 3 is 2.22 bits per heavy atom. The number of imide groups is 1. The van der Waals surface area contributed by atoms with Crippen LogP contribution < -0.4 is 10.1 Å². The van der Waals surface area contributed by atoms with Crippen LogP contribution in [0.1, 0.15) is 30.0 Å². The zero-order chi connectivity index (χ0) is 22.5. The minimum atomic E-state index is -0.330. The quantitative estimate of drug-likeness (QED) is 0.505. The molecule has 5 nitrogen and oxygen atoms in total. The van der Waals surface area contributed by atoms with Gasteiger partial charge in [-0.25, -0.2) is 0 Å². The van der Waals surface area contributed by atoms with Gasteiger partial charge in [0, 0.05) is 5.69 Å². The number of para-hydroxylation sites is 1. The molecule has 0 fully saturated rings. The van der Waals surface area contributed by atoms with Crippen molar-refractivity contribution >= 4 is 23.1 Å². The zero-order valence-electron chi connectivity index (χ0n) is 18.3. The van der Waals surface area contributed by atoms with Gasteiger partial charge in [0.25, 0.3) is 11.8 Å². The molecule has 0 radical (unpaired) electrons. The van der Waals surface area contributed by atoms with Crippen molar-refractivity contribution in [3.05, 3.63) is 101 Å². The molecule has 3 aromatic rings. The predicted molar refractivity (Wildman–Crippen MR) is 126 cm³/mol. The molecule has 2 amide bonds. The van der Waals surface area contributed by atoms with Crippen molar-refractivity contribution in [2.24, 2.45) is 0 Å². The fourth-order valence-corrected chi connectivity index (χ4v) is 3.65. The number of aryl methyl sites for hydroxylation is 1. The molecular formula is C27H26N2O3. The summed E-state index contributed by atoms with van der Waals surface area (Å²) < 4.78 is 5.67. The summed E-state index contributed by atoms with van der Waals surface area (Å²) in [5, 5.41) is 3.24. The number of amides is 2. The van der Waals surface area contributed by atoms with E-state index in [2.05, 4.69) is 5.32 Å². The standard InChI is InChI=1S/C27H26N2O3/c1-3-17-32-22-15-13-21(14-16-22)24-25(28-23-12-8-7-9-19(23)2)27(31)29(26(24)30)18-20-10-5-4-6-11-20/h4-16,28H,3,17-18H2,1-2H3. The first-order valence-electron chi connectivity index (χ1n) is 10.8. The van der Waals surface area contributed by atoms with Gasteiger partial charge in [-0.1, -0.05) is 67.6 Å². The number of benzene rings is 3. The molecule has 0 aromatic heterocycles. The Balaban J connectivity index is 1.71. The van der Waals surface area contributed by atoms with E-state index in [1.54, 1.807) is 0 Å². The lowest BCUT2D eigenvalue weighted by atomic mass is 10.0. The molecule has 4 rings (SSSR count). The van der Waals surface area contributed by atoms with E-state index in [1.165, 1.54) is 4.90 Å². The van der Waals surface area contributed by atoms with Crippen molar-refractivity contribution in [1.82, 2.24) is 4.90 Å². The Bertz CT molecular complexity index is 1150. The Morgan fingerprint density at radius 1 is 0.844 bits per heavy atom. The fraction of sp³-hybridized carbons (Fsp3) is 0.185. The van der Waals surface area contributed by atoms with Crippen molar-refractivity contribution in [3.63, 3.8) is 0 Å². The van der Waals surface area contributed by atoms with Crippen LogP contribution in [0.15, 0.2) is 84.6 Å². The van der Waals surface area contributed by atoms with Gasteiger partial charge in [-0.15, -0.1) is 0 Å². The van der Waals surface area contributed by atoms with Gasteiger partial charge in [-0.05, 0) is 48.2 Å². The lowest BCUT2D eigenvalue weighted by Gasteiger charge is -2.15. The first kappa shape index (κ1) is 21.4. The van der Waals surface area contributed by atoms with Gasteiger partial charge in [-0.2, -0.15) is 0 Å². The molecule has 5 heteroatoms. The highest BCUT2D eigenvalue weighted by Crippen LogP contribution is 2.33. The van der Waals surface area contributed by atoms with Crippen molar-refractivity contribution < 1.29 is 14.3 Å². The Morgan fingerprint density at radius 2 is 1.53 bits per heavy atom. The van der Waals surface area contributed by atoms with Crippen LogP contribution in [0.2, 0.25) is 0 Å². The maximum absolute atomic E-state index is 13.4. The molecule has 1 aliphatic heterocycles. The summed E-state index contributed by atoms with van der Waals surface area (Å²) in [5.74, 6) is 0.100. The van der Waals surface area contributed by atoms with Gasteiger partial charge in [0.1, 0.15) is 11.4 Å². The molecule has 1 heterocycles. The Labute approximate surface area is 188 Å². The second-order valence-electron chi connectivity index (χ2n) is 7.74. The van der Waals surface area contributed by atoms with E-state index in [9.17, 15) is 9.59 Å². The van der Waals surface area contributed by atoms with Crippen LogP contribution in [-0.4, -0.2) is 23.3 Å². The third kappa shape index (κ3) is 4.42. The van der Waals surface area contributed by atoms with E-state index in [0.717, 1.165) is 29.0 Å². The second-order valence-corrected chi connectivity index (χ2v) is 7.74. The van der Waals surface area contributed by atoms with Crippen LogP contribution in [0.25, 0.3) is 5.57 Å². The minimum absolute atomic E-state index is 0.221. The number of hydrogen-bond donors (Lipinski definition) is 1. The lowest BCUT2D eigenvalue weighted by Crippen LogP contribution is -2.32. The second kappa shape index (κ2) is 9.52. The van der Waals surface area contributed by atoms with E-state index in [0.29, 0.717) is 23.4 Å². The molecule has 0 spiro atoms. The van der Waals surface area contributed by atoms with Gasteiger partial charge in [0.15, 0.2) is 0 Å². The summed E-state index contributed by atoms with van der Waals surface area (Å²) in [6.07, 6.45) is 0.916. The van der Waals surface area contributed by atoms with Gasteiger partial charge < -0.3 is 10.1 Å². The molecule has 162 valence electrons. The molecule has 1 aliphatic rings. The van der Waals surface area contributed by atoms with E-state index in [-0.39, 0.29) is 18.4 Å². The largest absolute Gasteiger partial charge is 0.494 e. The normalized spacial score (nSPS) is 13.6. The van der Waals surface area contributed by atoms with Gasteiger partial charge in [-0.3, -0.25) is 14.5 Å². The molecule has 32 heavy (non-hydrogen) atoms. The van der Waals surface area contributed by atoms with Crippen LogP contribution in [0, 0.1) is 6.92 Å². The summed E-state index contributed by atoms with van der Waals surface area (Å²) in [4.78, 5) is 28.1. The van der Waals surface area contributed by atoms with Crippen molar-refractivity contribution in [3.8, 4) is 5.75 Å². The van der Waals surface area contributed by atoms with Crippen LogP contribution in [0.5, 0.6) is 5.75 Å². The highest BCUT2D eigenvalue weighted by molar-refractivity contribution is 6.36. The minimum Gasteiger partial charge on any atom is -0.494 e. The summed E-state index contributed by atoms with van der Waals surface area (Å²) in [7, 11) is 0. The van der Waals surface area contributed by atoms with E-state index in [1.807, 2.05) is 92.7 Å². The number of nitrogens with zero attached hydrogens (tertiary/aromatic N) is 1. The van der Waals surface area contributed by atoms with Gasteiger partial charge in [0.05, 0.1) is 18.7 Å². The van der Waals surface area contributed by atoms with Crippen LogP contribution in [0.3, 0.4) is 0 Å². The van der Waals surface area contributed by atoms with E-state index >= 15 is 0 Å². The van der Waals surface area contributed by atoms with Crippen LogP contribution in [-0.2, 0) is 16.1 Å². The maximum atomic E-state index is 13.4. The molecule has 0 unspecified atom stereocenters. The third-order valence-corrected chi connectivity index (χ3v) is 5.37. The fourth-order valence-electron chi connectivity index (χ4n) is 3.65. The monoisotopic (exact) mass is 426 g/mol. The molecule has 0 saturated heterocycles. The average Bonchev–Trinajstić information content (AvgIpc) is 3.04. The smallest absolute Gasteiger partial charge is 0.278 e. The summed E-state index contributed by atoms with van der Waals surface area (Å²) in [6.45, 7) is 4.86. The van der Waals surface area contributed by atoms with Gasteiger partial charge >= 0.3 is 0 Å². The predicted octanol–water partition coefficient (Wildman–Crippen LogP) is 5.18. The molecular weight excluding hydrogens is 400 g/mol. The summed E-state index contributed by atoms with van der Waals surface area (Å²) in [5.41, 5.74) is 4.03. The first-order chi connectivity index (χ1) is 15.6. The molecule has 0 bridgehead atoms. The van der Waals surface area contributed by atoms with Crippen molar-refractivity contribution in [2.75, 3.05) is 11.9 Å². The summed E-state index contributed by atoms with van der Waals surface area (Å²) in [6, 6.07) is 24.6. The van der Waals surface area contributed by atoms with Crippen molar-refractivity contribution in [2.45, 2.75) is 26.8 Å². The van der Waals surface area contributed by atoms with Crippen LogP contribution in [0.4, 0.5) is 5.69 Å². The Kier molecular flexibility index (Phi) is 6.36. The Hall–Kier alpha value is -3.86. The molecule has 3 aromatic carbocycles. The first-order valence-corrected chi connectivity index (χ1v) is 10.8. The molecule has 1 N–H and O–H groups in total. The number of hydrogen-bond acceptors (Lipinski definition) is 4. The summed E-state index contributed by atoms with van der Waals surface area (Å²) >= 11 is 0. The average molecular weight is 427 g/mol. The number of carbonyl (C=O) groups is 2. The zero-order valence-corrected chi connectivity index (χ0v) is 18.3. The van der Waals surface area contributed by atoms with Crippen molar-refractivity contribution in [1.29, 1.82) is 0 Å². The highest BCUT2D eigenvalue weighted by atomic mass is 16.5. The number of carbonyl (C=O) groups excluding carboxylic acids is 2. The SMILES string of the molecule is CCCOc1ccc(C2=C(Nc3ccccc3C)C(=O)N(Cc3ccccc3)C2=O)cc1.